The van der Waals surface area contributed by atoms with Crippen molar-refractivity contribution in [2.45, 2.75) is 13.0 Å². The van der Waals surface area contributed by atoms with Crippen molar-refractivity contribution in [3.63, 3.8) is 0 Å². The molecule has 4 aromatic carbocycles. The van der Waals surface area contributed by atoms with E-state index in [1.165, 1.54) is 28.8 Å². The first-order valence-electron chi connectivity index (χ1n) is 15.6. The Kier molecular flexibility index (Phi) is 8.24. The van der Waals surface area contributed by atoms with E-state index in [0.717, 1.165) is 11.1 Å². The number of aryl methyl sites for hydroxylation is 1. The van der Waals surface area contributed by atoms with Gasteiger partial charge in [0.2, 0.25) is 0 Å². The highest BCUT2D eigenvalue weighted by molar-refractivity contribution is 6.09. The molecule has 48 heavy (non-hydrogen) atoms. The van der Waals surface area contributed by atoms with Gasteiger partial charge in [-0.15, -0.1) is 0 Å². The fourth-order valence-corrected chi connectivity index (χ4v) is 6.59. The molecule has 1 saturated heterocycles. The summed E-state index contributed by atoms with van der Waals surface area (Å²) in [5.41, 5.74) is 2.87. The average Bonchev–Trinajstić information content (AvgIpc) is 3.10. The first-order valence-corrected chi connectivity index (χ1v) is 15.6. The summed E-state index contributed by atoms with van der Waals surface area (Å²) >= 11 is 0. The number of hydrogen-bond acceptors (Lipinski definition) is 5. The summed E-state index contributed by atoms with van der Waals surface area (Å²) in [6.07, 6.45) is 0. The lowest BCUT2D eigenvalue weighted by Crippen LogP contribution is -2.50. The number of pyridine rings is 1. The molecule has 0 atom stereocenters. The lowest BCUT2D eigenvalue weighted by atomic mass is 9.94. The van der Waals surface area contributed by atoms with E-state index in [0.29, 0.717) is 54.3 Å². The van der Waals surface area contributed by atoms with Crippen molar-refractivity contribution in [2.75, 3.05) is 26.2 Å². The fourth-order valence-electron chi connectivity index (χ4n) is 6.59. The minimum Gasteiger partial charge on any atom is -0.336 e. The number of hydrogen-bond donors (Lipinski definition) is 1. The number of H-pyrrole nitrogens is 1. The smallest absolute Gasteiger partial charge is 0.334 e. The van der Waals surface area contributed by atoms with Crippen LogP contribution in [0.5, 0.6) is 0 Å². The molecule has 6 aromatic rings. The minimum atomic E-state index is -0.631. The molecule has 240 valence electrons. The molecule has 0 bridgehead atoms. The largest absolute Gasteiger partial charge is 0.336 e. The average molecular weight is 644 g/mol. The van der Waals surface area contributed by atoms with E-state index in [2.05, 4.69) is 9.88 Å². The number of piperazine rings is 1. The maximum Gasteiger partial charge on any atom is 0.334 e. The topological polar surface area (TPSA) is 91.3 Å². The normalized spacial score (nSPS) is 13.7. The quantitative estimate of drug-likeness (QED) is 0.245. The van der Waals surface area contributed by atoms with Crippen molar-refractivity contribution in [3.05, 3.63) is 164 Å². The predicted molar refractivity (Wildman–Crippen MR) is 180 cm³/mol. The SMILES string of the molecule is Cc1nc2c(c(-c3ccccc3)c1C(=O)N1CCN(C(c3ccc(F)cc3)c3ccc(F)cc3)CC1)c(=O)[nH]c(=O)n2-c1ccccc1. The number of fused-ring (bicyclic) bond motifs is 1. The number of nitrogens with one attached hydrogen (secondary N) is 1. The van der Waals surface area contributed by atoms with Gasteiger partial charge in [-0.05, 0) is 60.0 Å². The molecule has 0 unspecified atom stereocenters. The van der Waals surface area contributed by atoms with Crippen LogP contribution in [0.2, 0.25) is 0 Å². The van der Waals surface area contributed by atoms with Crippen LogP contribution in [-0.2, 0) is 0 Å². The van der Waals surface area contributed by atoms with Gasteiger partial charge in [0.15, 0.2) is 5.65 Å². The molecule has 0 aliphatic carbocycles. The molecule has 1 amide bonds. The molecule has 1 aliphatic rings. The number of para-hydroxylation sites is 1. The third-order valence-corrected chi connectivity index (χ3v) is 8.85. The van der Waals surface area contributed by atoms with Crippen LogP contribution in [0, 0.1) is 18.6 Å². The molecular weight excluding hydrogens is 612 g/mol. The Labute approximate surface area is 274 Å². The number of halogens is 2. The number of carbonyl (C=O) groups is 1. The van der Waals surface area contributed by atoms with Gasteiger partial charge in [0.25, 0.3) is 11.5 Å². The highest BCUT2D eigenvalue weighted by atomic mass is 19.1. The molecule has 1 N–H and O–H groups in total. The molecule has 1 fully saturated rings. The van der Waals surface area contributed by atoms with Crippen LogP contribution >= 0.6 is 0 Å². The van der Waals surface area contributed by atoms with Crippen LogP contribution < -0.4 is 11.2 Å². The number of rotatable bonds is 6. The second kappa shape index (κ2) is 12.8. The van der Waals surface area contributed by atoms with Crippen LogP contribution in [0.3, 0.4) is 0 Å². The molecule has 0 saturated carbocycles. The Bertz CT molecular complexity index is 2180. The predicted octanol–water partition coefficient (Wildman–Crippen LogP) is 5.88. The van der Waals surface area contributed by atoms with E-state index in [1.807, 2.05) is 36.4 Å². The van der Waals surface area contributed by atoms with E-state index >= 15 is 0 Å². The zero-order valence-corrected chi connectivity index (χ0v) is 26.1. The summed E-state index contributed by atoms with van der Waals surface area (Å²) in [5, 5.41) is 0.143. The van der Waals surface area contributed by atoms with Crippen molar-refractivity contribution in [1.29, 1.82) is 0 Å². The Morgan fingerprint density at radius 2 is 1.29 bits per heavy atom. The molecule has 0 radical (unpaired) electrons. The van der Waals surface area contributed by atoms with Gasteiger partial charge in [-0.2, -0.15) is 0 Å². The van der Waals surface area contributed by atoms with Crippen molar-refractivity contribution in [2.24, 2.45) is 0 Å². The van der Waals surface area contributed by atoms with Crippen LogP contribution in [0.15, 0.2) is 119 Å². The summed E-state index contributed by atoms with van der Waals surface area (Å²) in [6.45, 7) is 3.42. The zero-order chi connectivity index (χ0) is 33.4. The van der Waals surface area contributed by atoms with Gasteiger partial charge in [0, 0.05) is 31.7 Å². The maximum atomic E-state index is 14.5. The lowest BCUT2D eigenvalue weighted by molar-refractivity contribution is 0.0597. The van der Waals surface area contributed by atoms with Crippen LogP contribution in [0.25, 0.3) is 27.8 Å². The Balaban J connectivity index is 1.29. The van der Waals surface area contributed by atoms with Gasteiger partial charge >= 0.3 is 5.69 Å². The van der Waals surface area contributed by atoms with Gasteiger partial charge in [-0.25, -0.2) is 23.1 Å². The molecular formula is C38H31F2N5O3. The number of carbonyl (C=O) groups excluding carboxylic acids is 1. The number of aromatic amines is 1. The summed E-state index contributed by atoms with van der Waals surface area (Å²) in [5.74, 6) is -0.974. The van der Waals surface area contributed by atoms with E-state index in [4.69, 9.17) is 4.98 Å². The third-order valence-electron chi connectivity index (χ3n) is 8.85. The molecule has 2 aromatic heterocycles. The van der Waals surface area contributed by atoms with Gasteiger partial charge < -0.3 is 4.90 Å². The molecule has 8 nitrogen and oxygen atoms in total. The first kappa shape index (κ1) is 30.9. The standard InChI is InChI=1S/C38H31F2N5O3/c1-24-31(32(25-8-4-2-5-9-25)33-35(41-24)45(38(48)42-36(33)46)30-10-6-3-7-11-30)37(47)44-22-20-43(21-23-44)34(26-12-16-28(39)17-13-26)27-14-18-29(40)19-15-27/h2-19,34H,20-23H2,1H3,(H,42,46,48). The molecule has 0 spiro atoms. The van der Waals surface area contributed by atoms with E-state index in [1.54, 1.807) is 60.4 Å². The van der Waals surface area contributed by atoms with Crippen molar-refractivity contribution < 1.29 is 13.6 Å². The number of nitrogens with zero attached hydrogens (tertiary/aromatic N) is 4. The molecule has 10 heteroatoms. The second-order valence-corrected chi connectivity index (χ2v) is 11.8. The number of benzene rings is 4. The summed E-state index contributed by atoms with van der Waals surface area (Å²) in [7, 11) is 0. The molecule has 3 heterocycles. The summed E-state index contributed by atoms with van der Waals surface area (Å²) in [4.78, 5) is 52.3. The van der Waals surface area contributed by atoms with Gasteiger partial charge in [-0.1, -0.05) is 72.8 Å². The van der Waals surface area contributed by atoms with Crippen molar-refractivity contribution in [3.8, 4) is 16.8 Å². The minimum absolute atomic E-state index is 0.143. The zero-order valence-electron chi connectivity index (χ0n) is 26.1. The summed E-state index contributed by atoms with van der Waals surface area (Å²) in [6, 6.07) is 30.3. The van der Waals surface area contributed by atoms with E-state index in [-0.39, 0.29) is 34.6 Å². The molecule has 1 aliphatic heterocycles. The van der Waals surface area contributed by atoms with Crippen LogP contribution in [0.4, 0.5) is 8.78 Å². The molecule has 7 rings (SSSR count). The highest BCUT2D eigenvalue weighted by Crippen LogP contribution is 2.34. The Morgan fingerprint density at radius 3 is 1.85 bits per heavy atom. The van der Waals surface area contributed by atoms with Crippen molar-refractivity contribution >= 4 is 16.9 Å². The van der Waals surface area contributed by atoms with Gasteiger partial charge in [0.05, 0.1) is 28.4 Å². The van der Waals surface area contributed by atoms with E-state index in [9.17, 15) is 23.2 Å². The second-order valence-electron chi connectivity index (χ2n) is 11.8. The fraction of sp³-hybridized carbons (Fsp3) is 0.158. The lowest BCUT2D eigenvalue weighted by Gasteiger charge is -2.40. The number of amides is 1. The number of aromatic nitrogens is 3. The Morgan fingerprint density at radius 1 is 0.750 bits per heavy atom. The van der Waals surface area contributed by atoms with Gasteiger partial charge in [0.1, 0.15) is 11.6 Å². The van der Waals surface area contributed by atoms with Crippen LogP contribution in [-0.4, -0.2) is 56.4 Å². The Hall–Kier alpha value is -5.74. The van der Waals surface area contributed by atoms with Crippen molar-refractivity contribution in [1.82, 2.24) is 24.3 Å². The van der Waals surface area contributed by atoms with Crippen LogP contribution in [0.1, 0.15) is 33.2 Å². The first-order chi connectivity index (χ1) is 23.3. The van der Waals surface area contributed by atoms with E-state index < -0.39 is 11.2 Å². The maximum absolute atomic E-state index is 14.5. The van der Waals surface area contributed by atoms with Gasteiger partial charge in [-0.3, -0.25) is 19.5 Å². The third kappa shape index (κ3) is 5.71. The monoisotopic (exact) mass is 643 g/mol. The highest BCUT2D eigenvalue weighted by Gasteiger charge is 2.32. The summed E-state index contributed by atoms with van der Waals surface area (Å²) < 4.78 is 29.0.